The minimum Gasteiger partial charge on any atom is -0.476 e. The molecule has 328 valence electrons. The van der Waals surface area contributed by atoms with E-state index in [2.05, 4.69) is 51.2 Å². The van der Waals surface area contributed by atoms with E-state index in [-0.39, 0.29) is 50.9 Å². The first kappa shape index (κ1) is 45.4. The van der Waals surface area contributed by atoms with Crippen molar-refractivity contribution >= 4 is 104 Å². The maximum absolute atomic E-state index is 12.8. The van der Waals surface area contributed by atoms with E-state index in [1.165, 1.54) is 18.6 Å². The highest BCUT2D eigenvalue weighted by Crippen LogP contribution is 2.38. The van der Waals surface area contributed by atoms with Gasteiger partial charge in [0.25, 0.3) is 0 Å². The second kappa shape index (κ2) is 21.6. The number of nitrogens with zero attached hydrogens (tertiary/aromatic N) is 6. The molecule has 2 saturated carbocycles. The van der Waals surface area contributed by atoms with E-state index in [1.54, 1.807) is 67.0 Å². The van der Waals surface area contributed by atoms with Gasteiger partial charge in [0.05, 0.1) is 17.4 Å². The first-order chi connectivity index (χ1) is 31.0. The fraction of sp³-hybridized carbons (Fsp3) is 0.238. The fourth-order valence-electron chi connectivity index (χ4n) is 6.85. The largest absolute Gasteiger partial charge is 0.476 e. The van der Waals surface area contributed by atoms with Gasteiger partial charge in [-0.1, -0.05) is 84.0 Å². The van der Waals surface area contributed by atoms with E-state index < -0.39 is 24.0 Å². The van der Waals surface area contributed by atoms with Crippen LogP contribution in [0.4, 0.5) is 31.4 Å². The number of pyridine rings is 4. The topological polar surface area (TPSA) is 268 Å². The number of rotatable bonds is 14. The number of carbonyl (C=O) groups is 6. The number of hydrogen-bond acceptors (Lipinski definition) is 16. The molecule has 6 aromatic rings. The monoisotopic (exact) mass is 938 g/mol. The number of anilines is 4. The third-order valence-corrected chi connectivity index (χ3v) is 14.0. The van der Waals surface area contributed by atoms with Gasteiger partial charge in [-0.2, -0.15) is 0 Å². The van der Waals surface area contributed by atoms with E-state index in [4.69, 9.17) is 0 Å². The Bertz CT molecular complexity index is 2470. The van der Waals surface area contributed by atoms with Gasteiger partial charge in [-0.25, -0.2) is 44.1 Å². The Kier molecular flexibility index (Phi) is 15.4. The van der Waals surface area contributed by atoms with Crippen molar-refractivity contribution in [2.75, 3.05) is 21.3 Å². The van der Waals surface area contributed by atoms with Gasteiger partial charge in [0, 0.05) is 42.2 Å². The van der Waals surface area contributed by atoms with Crippen LogP contribution in [-0.2, 0) is 0 Å². The molecule has 6 aromatic heterocycles. The zero-order valence-corrected chi connectivity index (χ0v) is 36.8. The Hall–Kier alpha value is -6.62. The number of aromatic carboxylic acids is 2. The summed E-state index contributed by atoms with van der Waals surface area (Å²) in [6.07, 6.45) is 15.1. The van der Waals surface area contributed by atoms with Gasteiger partial charge in [-0.3, -0.25) is 30.5 Å². The molecule has 0 saturated heterocycles. The average molecular weight is 939 g/mol. The van der Waals surface area contributed by atoms with Crippen LogP contribution >= 0.6 is 46.2 Å². The molecule has 0 spiro atoms. The predicted octanol–water partition coefficient (Wildman–Crippen LogP) is 9.60. The lowest BCUT2D eigenvalue weighted by Crippen LogP contribution is -2.23. The first-order valence-corrected chi connectivity index (χ1v) is 23.1. The van der Waals surface area contributed by atoms with Crippen molar-refractivity contribution < 1.29 is 39.0 Å². The van der Waals surface area contributed by atoms with Gasteiger partial charge in [0.15, 0.2) is 33.2 Å². The second-order valence-corrected chi connectivity index (χ2v) is 18.7. The number of urea groups is 2. The minimum absolute atomic E-state index is 0.00309. The van der Waals surface area contributed by atoms with Crippen molar-refractivity contribution in [1.82, 2.24) is 29.9 Å². The number of hydrogen-bond donors (Lipinski definition) is 6. The maximum Gasteiger partial charge on any atom is 0.356 e. The number of carboxylic acid groups (broad SMARTS) is 2. The lowest BCUT2D eigenvalue weighted by Gasteiger charge is -2.13. The van der Waals surface area contributed by atoms with Crippen molar-refractivity contribution in [2.45, 2.75) is 69.8 Å². The predicted molar refractivity (Wildman–Crippen MR) is 241 cm³/mol. The van der Waals surface area contributed by atoms with E-state index >= 15 is 0 Å². The Morgan fingerprint density at radius 2 is 1.06 bits per heavy atom. The van der Waals surface area contributed by atoms with Crippen LogP contribution in [-0.4, -0.2) is 75.7 Å². The molecular weight excluding hydrogens is 901 g/mol. The van der Waals surface area contributed by atoms with Crippen molar-refractivity contribution in [2.24, 2.45) is 11.8 Å². The highest BCUT2D eigenvalue weighted by atomic mass is 32.2. The SMILES string of the molecule is O=C(Nc1nc(C(=O)O)c(Sc2ccccn2)s1)Nc1cnccc1C(=O)C1CCCC1.O=C(Nc1nc(C(=O)O)c(Sc2ccccn2)s1)Nc1ncccc1C(=O)C1CCCC1. The maximum atomic E-state index is 12.8. The molecule has 64 heavy (non-hydrogen) atoms. The number of amides is 4. The minimum atomic E-state index is -1.21. The van der Waals surface area contributed by atoms with Crippen LogP contribution in [0.1, 0.15) is 93.1 Å². The van der Waals surface area contributed by atoms with Crippen molar-refractivity contribution in [3.05, 3.63) is 108 Å². The molecule has 18 nitrogen and oxygen atoms in total. The molecule has 22 heteroatoms. The number of carboxylic acids is 2. The lowest BCUT2D eigenvalue weighted by atomic mass is 9.96. The number of aromatic nitrogens is 6. The van der Waals surface area contributed by atoms with E-state index in [0.29, 0.717) is 35.3 Å². The molecule has 0 radical (unpaired) electrons. The van der Waals surface area contributed by atoms with Crippen LogP contribution in [0.3, 0.4) is 0 Å². The van der Waals surface area contributed by atoms with Crippen LogP contribution < -0.4 is 21.3 Å². The molecule has 6 heterocycles. The molecular formula is C42H38N10O8S4. The molecule has 2 aliphatic carbocycles. The summed E-state index contributed by atoms with van der Waals surface area (Å²) in [6, 6.07) is 14.2. The van der Waals surface area contributed by atoms with Gasteiger partial charge in [-0.15, -0.1) is 0 Å². The Morgan fingerprint density at radius 3 is 1.56 bits per heavy atom. The quantitative estimate of drug-likeness (QED) is 0.0555. The van der Waals surface area contributed by atoms with Crippen LogP contribution in [0.25, 0.3) is 0 Å². The summed E-state index contributed by atoms with van der Waals surface area (Å²) in [5, 5.41) is 30.7. The van der Waals surface area contributed by atoms with E-state index in [0.717, 1.165) is 97.6 Å². The first-order valence-electron chi connectivity index (χ1n) is 19.8. The van der Waals surface area contributed by atoms with Crippen LogP contribution in [0.5, 0.6) is 0 Å². The average Bonchev–Trinajstić information content (AvgIpc) is 4.14. The standard InChI is InChI=1S/2C21H19N5O4S2/c27-16(12-6-1-2-7-12)13-8-5-11-23-17(13)25-20(30)26-21-24-15(18(28)29)19(32-21)31-14-9-3-4-10-22-14;27-17(12-5-1-2-6-12)13-8-10-22-11-14(13)24-20(30)26-21-25-16(18(28)29)19(32-21)31-15-7-3-4-9-23-15/h3-5,8-12H,1-2,6-7H2,(H,28,29)(H2,23,24,25,26,30);3-4,7-12H,1-2,5-6H2,(H,28,29)(H2,24,25,26,30). The van der Waals surface area contributed by atoms with Crippen LogP contribution in [0.2, 0.25) is 0 Å². The molecule has 4 amide bonds. The fourth-order valence-corrected chi connectivity index (χ4v) is 10.9. The number of carbonyl (C=O) groups excluding carboxylic acids is 4. The summed E-state index contributed by atoms with van der Waals surface area (Å²) in [5.74, 6) is -2.36. The van der Waals surface area contributed by atoms with Gasteiger partial charge in [-0.05, 0) is 68.1 Å². The molecule has 8 rings (SSSR count). The summed E-state index contributed by atoms with van der Waals surface area (Å²) in [6.45, 7) is 0. The molecule has 0 aromatic carbocycles. The summed E-state index contributed by atoms with van der Waals surface area (Å²) in [5.41, 5.74) is 0.750. The molecule has 0 unspecified atom stereocenters. The van der Waals surface area contributed by atoms with Gasteiger partial charge >= 0.3 is 24.0 Å². The number of thiazole rings is 2. The summed E-state index contributed by atoms with van der Waals surface area (Å²) >= 11 is 4.36. The summed E-state index contributed by atoms with van der Waals surface area (Å²) in [4.78, 5) is 98.4. The second-order valence-electron chi connectivity index (χ2n) is 14.1. The van der Waals surface area contributed by atoms with Crippen LogP contribution in [0.15, 0.2) is 104 Å². The van der Waals surface area contributed by atoms with Gasteiger partial charge in [0.1, 0.15) is 24.3 Å². The number of ketones is 2. The summed E-state index contributed by atoms with van der Waals surface area (Å²) in [7, 11) is 0. The highest BCUT2D eigenvalue weighted by Gasteiger charge is 2.28. The summed E-state index contributed by atoms with van der Waals surface area (Å²) < 4.78 is 0.784. The van der Waals surface area contributed by atoms with Gasteiger partial charge < -0.3 is 15.5 Å². The Labute approximate surface area is 381 Å². The van der Waals surface area contributed by atoms with E-state index in [1.807, 2.05) is 0 Å². The molecule has 2 fully saturated rings. The number of Topliss-reactive ketones (excluding diaryl/α,β-unsaturated/α-hetero) is 2. The van der Waals surface area contributed by atoms with E-state index in [9.17, 15) is 39.0 Å². The number of nitrogens with one attached hydrogen (secondary N) is 4. The lowest BCUT2D eigenvalue weighted by molar-refractivity contribution is 0.0677. The molecule has 0 aliphatic heterocycles. The van der Waals surface area contributed by atoms with Crippen molar-refractivity contribution in [1.29, 1.82) is 0 Å². The van der Waals surface area contributed by atoms with Crippen LogP contribution in [0, 0.1) is 11.8 Å². The molecule has 2 aliphatic rings. The Morgan fingerprint density at radius 1 is 0.562 bits per heavy atom. The third-order valence-electron chi connectivity index (χ3n) is 9.80. The van der Waals surface area contributed by atoms with Crippen molar-refractivity contribution in [3.8, 4) is 0 Å². The normalized spacial score (nSPS) is 13.6. The molecule has 6 N–H and O–H groups in total. The molecule has 0 atom stereocenters. The zero-order chi connectivity index (χ0) is 45.0. The highest BCUT2D eigenvalue weighted by molar-refractivity contribution is 8.01. The van der Waals surface area contributed by atoms with Crippen molar-refractivity contribution in [3.63, 3.8) is 0 Å². The smallest absolute Gasteiger partial charge is 0.356 e. The van der Waals surface area contributed by atoms with Gasteiger partial charge in [0.2, 0.25) is 0 Å². The third kappa shape index (κ3) is 11.9. The molecule has 0 bridgehead atoms. The zero-order valence-electron chi connectivity index (χ0n) is 33.6. The Balaban J connectivity index is 0.000000191.